The molecule has 1 aliphatic heterocycles. The van der Waals surface area contributed by atoms with Crippen LogP contribution in [0.1, 0.15) is 40.6 Å². The molecule has 8 nitrogen and oxygen atoms in total. The summed E-state index contributed by atoms with van der Waals surface area (Å²) in [5.74, 6) is 0.292. The van der Waals surface area contributed by atoms with Crippen LogP contribution in [0, 0.1) is 6.92 Å². The first-order chi connectivity index (χ1) is 13.8. The smallest absolute Gasteiger partial charge is 0.337 e. The second kappa shape index (κ2) is 7.30. The van der Waals surface area contributed by atoms with E-state index in [1.165, 1.54) is 12.1 Å². The fourth-order valence-corrected chi connectivity index (χ4v) is 3.32. The molecule has 152 valence electrons. The molecule has 4 rings (SSSR count). The quantitative estimate of drug-likeness (QED) is 0.664. The standard InChI is InChI=1S/C18H17F3N6O2/c1-11-22-16(29-24-11)15-10-27(25-23-15)14-6-3-7-26(9-14)17(28)12-4-2-5-13(8-12)18(19,20)21/h2,4-5,8,10,14H,3,6-7,9H2,1H3/t14-/m1/s1. The lowest BCUT2D eigenvalue weighted by Gasteiger charge is -2.32. The minimum absolute atomic E-state index is 0.0149. The van der Waals surface area contributed by atoms with E-state index in [0.717, 1.165) is 18.6 Å². The molecular formula is C18H17F3N6O2. The number of halogens is 3. The van der Waals surface area contributed by atoms with Crippen molar-refractivity contribution in [2.75, 3.05) is 13.1 Å². The monoisotopic (exact) mass is 406 g/mol. The molecule has 0 unspecified atom stereocenters. The van der Waals surface area contributed by atoms with E-state index in [-0.39, 0.29) is 17.5 Å². The number of benzene rings is 1. The predicted octanol–water partition coefficient (Wildman–Crippen LogP) is 3.13. The lowest BCUT2D eigenvalue weighted by molar-refractivity contribution is -0.137. The maximum atomic E-state index is 12.9. The minimum atomic E-state index is -4.50. The van der Waals surface area contributed by atoms with Crippen molar-refractivity contribution in [3.63, 3.8) is 0 Å². The fraction of sp³-hybridized carbons (Fsp3) is 0.389. The van der Waals surface area contributed by atoms with Gasteiger partial charge in [-0.05, 0) is 38.0 Å². The zero-order valence-corrected chi connectivity index (χ0v) is 15.4. The third kappa shape index (κ3) is 3.98. The van der Waals surface area contributed by atoms with Gasteiger partial charge in [-0.1, -0.05) is 16.4 Å². The van der Waals surface area contributed by atoms with Gasteiger partial charge >= 0.3 is 6.18 Å². The van der Waals surface area contributed by atoms with Gasteiger partial charge < -0.3 is 9.42 Å². The van der Waals surface area contributed by atoms with Crippen molar-refractivity contribution >= 4 is 5.91 Å². The highest BCUT2D eigenvalue weighted by Crippen LogP contribution is 2.30. The molecule has 1 atom stereocenters. The highest BCUT2D eigenvalue weighted by molar-refractivity contribution is 5.94. The predicted molar refractivity (Wildman–Crippen MR) is 93.7 cm³/mol. The Kier molecular flexibility index (Phi) is 4.81. The normalized spacial score (nSPS) is 17.5. The molecule has 2 aromatic heterocycles. The van der Waals surface area contributed by atoms with Gasteiger partial charge in [-0.3, -0.25) is 4.79 Å². The van der Waals surface area contributed by atoms with Gasteiger partial charge in [0.15, 0.2) is 11.5 Å². The van der Waals surface area contributed by atoms with Crippen LogP contribution in [0.2, 0.25) is 0 Å². The Bertz CT molecular complexity index is 1030. The summed E-state index contributed by atoms with van der Waals surface area (Å²) in [5.41, 5.74) is -0.402. The van der Waals surface area contributed by atoms with Crippen molar-refractivity contribution in [3.05, 3.63) is 47.4 Å². The molecule has 0 radical (unpaired) electrons. The molecule has 11 heteroatoms. The van der Waals surface area contributed by atoms with E-state index in [1.807, 2.05) is 0 Å². The third-order valence-electron chi connectivity index (χ3n) is 4.75. The van der Waals surface area contributed by atoms with Crippen LogP contribution in [0.3, 0.4) is 0 Å². The molecule has 0 N–H and O–H groups in total. The van der Waals surface area contributed by atoms with Crippen LogP contribution >= 0.6 is 0 Å². The van der Waals surface area contributed by atoms with Crippen LogP contribution in [-0.4, -0.2) is 49.0 Å². The highest BCUT2D eigenvalue weighted by atomic mass is 19.4. The Morgan fingerprint density at radius 1 is 1.31 bits per heavy atom. The molecule has 0 saturated carbocycles. The summed E-state index contributed by atoms with van der Waals surface area (Å²) in [7, 11) is 0. The van der Waals surface area contributed by atoms with Crippen LogP contribution in [-0.2, 0) is 6.18 Å². The average Bonchev–Trinajstić information content (AvgIpc) is 3.36. The molecule has 1 saturated heterocycles. The second-order valence-electron chi connectivity index (χ2n) is 6.86. The van der Waals surface area contributed by atoms with E-state index < -0.39 is 17.6 Å². The Hall–Kier alpha value is -3.24. The van der Waals surface area contributed by atoms with Crippen LogP contribution in [0.15, 0.2) is 35.0 Å². The number of aryl methyl sites for hydroxylation is 1. The first kappa shape index (κ1) is 19.1. The molecule has 1 aliphatic rings. The van der Waals surface area contributed by atoms with E-state index in [4.69, 9.17) is 4.52 Å². The molecule has 0 spiro atoms. The maximum absolute atomic E-state index is 12.9. The van der Waals surface area contributed by atoms with Crippen LogP contribution in [0.4, 0.5) is 13.2 Å². The molecule has 1 fully saturated rings. The summed E-state index contributed by atoms with van der Waals surface area (Å²) in [4.78, 5) is 18.4. The van der Waals surface area contributed by atoms with Gasteiger partial charge in [0.1, 0.15) is 0 Å². The summed E-state index contributed by atoms with van der Waals surface area (Å²) >= 11 is 0. The van der Waals surface area contributed by atoms with Gasteiger partial charge in [-0.15, -0.1) is 5.10 Å². The van der Waals surface area contributed by atoms with E-state index in [0.29, 0.717) is 31.0 Å². The highest BCUT2D eigenvalue weighted by Gasteiger charge is 2.32. The van der Waals surface area contributed by atoms with E-state index in [2.05, 4.69) is 20.5 Å². The number of rotatable bonds is 3. The number of aromatic nitrogens is 5. The Labute approximate surface area is 163 Å². The summed E-state index contributed by atoms with van der Waals surface area (Å²) in [6.07, 6.45) is -1.37. The first-order valence-corrected chi connectivity index (χ1v) is 9.00. The number of nitrogens with zero attached hydrogens (tertiary/aromatic N) is 6. The van der Waals surface area contributed by atoms with E-state index >= 15 is 0 Å². The van der Waals surface area contributed by atoms with Crippen LogP contribution < -0.4 is 0 Å². The molecule has 1 aromatic carbocycles. The first-order valence-electron chi connectivity index (χ1n) is 9.00. The van der Waals surface area contributed by atoms with Crippen molar-refractivity contribution < 1.29 is 22.5 Å². The summed E-state index contributed by atoms with van der Waals surface area (Å²) in [6, 6.07) is 4.33. The van der Waals surface area contributed by atoms with Gasteiger partial charge in [0.05, 0.1) is 17.8 Å². The molecule has 3 heterocycles. The van der Waals surface area contributed by atoms with Crippen molar-refractivity contribution in [2.45, 2.75) is 32.0 Å². The van der Waals surface area contributed by atoms with Crippen molar-refractivity contribution in [3.8, 4) is 11.6 Å². The van der Waals surface area contributed by atoms with E-state index in [1.54, 1.807) is 22.7 Å². The number of carbonyl (C=O) groups is 1. The van der Waals surface area contributed by atoms with Gasteiger partial charge in [0, 0.05) is 18.7 Å². The molecule has 3 aromatic rings. The molecule has 29 heavy (non-hydrogen) atoms. The summed E-state index contributed by atoms with van der Waals surface area (Å²) in [6.45, 7) is 2.48. The molecule has 0 aliphatic carbocycles. The van der Waals surface area contributed by atoms with Crippen molar-refractivity contribution in [2.24, 2.45) is 0 Å². The van der Waals surface area contributed by atoms with Crippen molar-refractivity contribution in [1.82, 2.24) is 30.0 Å². The number of hydrogen-bond acceptors (Lipinski definition) is 6. The van der Waals surface area contributed by atoms with E-state index in [9.17, 15) is 18.0 Å². The maximum Gasteiger partial charge on any atom is 0.416 e. The number of hydrogen-bond donors (Lipinski definition) is 0. The molecule has 1 amide bonds. The lowest BCUT2D eigenvalue weighted by atomic mass is 10.0. The second-order valence-corrected chi connectivity index (χ2v) is 6.86. The Balaban J connectivity index is 1.50. The number of alkyl halides is 3. The lowest BCUT2D eigenvalue weighted by Crippen LogP contribution is -2.41. The summed E-state index contributed by atoms with van der Waals surface area (Å²) in [5, 5.41) is 11.8. The zero-order valence-electron chi connectivity index (χ0n) is 15.4. The average molecular weight is 406 g/mol. The number of amides is 1. The third-order valence-corrected chi connectivity index (χ3v) is 4.75. The van der Waals surface area contributed by atoms with Gasteiger partial charge in [-0.25, -0.2) is 4.68 Å². The number of carbonyl (C=O) groups excluding carboxylic acids is 1. The molecular weight excluding hydrogens is 389 g/mol. The SMILES string of the molecule is Cc1noc(-c2cn([C@@H]3CCCN(C(=O)c4cccc(C(F)(F)F)c4)C3)nn2)n1. The Morgan fingerprint density at radius 3 is 2.86 bits per heavy atom. The fourth-order valence-electron chi connectivity index (χ4n) is 3.32. The van der Waals surface area contributed by atoms with Crippen LogP contribution in [0.25, 0.3) is 11.6 Å². The van der Waals surface area contributed by atoms with Gasteiger partial charge in [0.25, 0.3) is 11.8 Å². The van der Waals surface area contributed by atoms with Gasteiger partial charge in [0.2, 0.25) is 0 Å². The van der Waals surface area contributed by atoms with Gasteiger partial charge in [-0.2, -0.15) is 18.2 Å². The number of likely N-dealkylation sites (tertiary alicyclic amines) is 1. The largest absolute Gasteiger partial charge is 0.416 e. The Morgan fingerprint density at radius 2 is 2.14 bits per heavy atom. The summed E-state index contributed by atoms with van der Waals surface area (Å²) < 4.78 is 45.5. The topological polar surface area (TPSA) is 89.9 Å². The molecule has 0 bridgehead atoms. The minimum Gasteiger partial charge on any atom is -0.337 e. The number of piperidine rings is 1. The van der Waals surface area contributed by atoms with Crippen molar-refractivity contribution in [1.29, 1.82) is 0 Å². The zero-order chi connectivity index (χ0) is 20.6. The van der Waals surface area contributed by atoms with Crippen LogP contribution in [0.5, 0.6) is 0 Å².